The lowest BCUT2D eigenvalue weighted by atomic mass is 10.0. The third kappa shape index (κ3) is 2.99. The highest BCUT2D eigenvalue weighted by atomic mass is 35.5. The molecule has 0 saturated heterocycles. The number of halogens is 6. The van der Waals surface area contributed by atoms with Gasteiger partial charge in [-0.1, -0.05) is 40.9 Å². The second-order valence-corrected chi connectivity index (χ2v) is 5.03. The highest BCUT2D eigenvalue weighted by molar-refractivity contribution is 6.41. The van der Waals surface area contributed by atoms with Crippen LogP contribution in [0.1, 0.15) is 12.0 Å². The highest BCUT2D eigenvalue weighted by Crippen LogP contribution is 2.38. The van der Waals surface area contributed by atoms with Crippen molar-refractivity contribution in [3.63, 3.8) is 0 Å². The first-order valence-electron chi connectivity index (χ1n) is 5.12. The van der Waals surface area contributed by atoms with Gasteiger partial charge in [0.05, 0.1) is 15.6 Å². The molecule has 0 aliphatic rings. The van der Waals surface area contributed by atoms with E-state index in [0.717, 1.165) is 12.1 Å². The van der Waals surface area contributed by atoms with Gasteiger partial charge in [0.25, 0.3) is 6.43 Å². The summed E-state index contributed by atoms with van der Waals surface area (Å²) in [5.74, 6) is -0.972. The van der Waals surface area contributed by atoms with Crippen molar-refractivity contribution in [3.8, 4) is 11.1 Å². The molecule has 0 heterocycles. The highest BCUT2D eigenvalue weighted by Gasteiger charge is 2.17. The zero-order chi connectivity index (χ0) is 14.2. The Hall–Kier alpha value is -0.900. The summed E-state index contributed by atoms with van der Waals surface area (Å²) in [7, 11) is 0. The maximum Gasteiger partial charge on any atom is 0.266 e. The summed E-state index contributed by atoms with van der Waals surface area (Å²) in [5.41, 5.74) is -0.0439. The predicted molar refractivity (Wildman–Crippen MR) is 71.8 cm³/mol. The summed E-state index contributed by atoms with van der Waals surface area (Å²) in [6, 6.07) is 6.20. The molecule has 2 aromatic carbocycles. The van der Waals surface area contributed by atoms with Crippen LogP contribution in [0.2, 0.25) is 15.1 Å². The van der Waals surface area contributed by atoms with Gasteiger partial charge in [-0.3, -0.25) is 0 Å². The molecule has 0 N–H and O–H groups in total. The first kappa shape index (κ1) is 14.5. The molecular formula is C13H6Cl3F3. The number of hydrogen-bond acceptors (Lipinski definition) is 0. The Kier molecular flexibility index (Phi) is 4.29. The van der Waals surface area contributed by atoms with Gasteiger partial charge in [-0.25, -0.2) is 13.2 Å². The molecule has 0 aliphatic carbocycles. The fraction of sp³-hybridized carbons (Fsp3) is 0.0769. The lowest BCUT2D eigenvalue weighted by Gasteiger charge is -2.10. The van der Waals surface area contributed by atoms with Crippen LogP contribution < -0.4 is 0 Å². The van der Waals surface area contributed by atoms with Gasteiger partial charge in [0.15, 0.2) is 0 Å². The molecule has 0 unspecified atom stereocenters. The standard InChI is InChI=1S/C13H6Cl3F3/c14-7-4-9(15)12(10(16)5-7)6-1-2-11(17)8(3-6)13(18)19/h1-5,13H. The third-order valence-corrected chi connectivity index (χ3v) is 3.34. The summed E-state index contributed by atoms with van der Waals surface area (Å²) in [5, 5.41) is 0.753. The Bertz CT molecular complexity index is 604. The lowest BCUT2D eigenvalue weighted by molar-refractivity contribution is 0.146. The zero-order valence-corrected chi connectivity index (χ0v) is 11.5. The van der Waals surface area contributed by atoms with Crippen molar-refractivity contribution in [2.75, 3.05) is 0 Å². The minimum absolute atomic E-state index is 0.212. The second kappa shape index (κ2) is 5.61. The first-order valence-corrected chi connectivity index (χ1v) is 6.26. The molecule has 0 aliphatic heterocycles. The number of hydrogen-bond donors (Lipinski definition) is 0. The van der Waals surface area contributed by atoms with Crippen molar-refractivity contribution in [1.29, 1.82) is 0 Å². The van der Waals surface area contributed by atoms with E-state index >= 15 is 0 Å². The molecular weight excluding hydrogens is 319 g/mol. The molecule has 0 aromatic heterocycles. The van der Waals surface area contributed by atoms with Gasteiger partial charge in [-0.15, -0.1) is 0 Å². The van der Waals surface area contributed by atoms with Gasteiger partial charge in [0.1, 0.15) is 5.82 Å². The molecule has 2 rings (SSSR count). The molecule has 0 atom stereocenters. The number of alkyl halides is 2. The zero-order valence-electron chi connectivity index (χ0n) is 9.23. The Morgan fingerprint density at radius 1 is 0.895 bits per heavy atom. The van der Waals surface area contributed by atoms with Gasteiger partial charge >= 0.3 is 0 Å². The largest absolute Gasteiger partial charge is 0.266 e. The Balaban J connectivity index is 2.63. The molecule has 19 heavy (non-hydrogen) atoms. The fourth-order valence-corrected chi connectivity index (χ4v) is 2.72. The van der Waals surface area contributed by atoms with Gasteiger partial charge in [0.2, 0.25) is 0 Å². The van der Waals surface area contributed by atoms with E-state index < -0.39 is 17.8 Å². The molecule has 0 radical (unpaired) electrons. The predicted octanol–water partition coefficient (Wildman–Crippen LogP) is 6.39. The van der Waals surface area contributed by atoms with E-state index in [9.17, 15) is 13.2 Å². The molecule has 100 valence electrons. The van der Waals surface area contributed by atoms with Gasteiger partial charge in [-0.05, 0) is 29.8 Å². The molecule has 0 fully saturated rings. The van der Waals surface area contributed by atoms with E-state index in [-0.39, 0.29) is 10.0 Å². The quantitative estimate of drug-likeness (QED) is 0.600. The maximum atomic E-state index is 13.2. The first-order chi connectivity index (χ1) is 8.90. The minimum atomic E-state index is -2.91. The van der Waals surface area contributed by atoms with Crippen LogP contribution in [-0.4, -0.2) is 0 Å². The van der Waals surface area contributed by atoms with Crippen molar-refractivity contribution < 1.29 is 13.2 Å². The van der Waals surface area contributed by atoms with E-state index in [1.54, 1.807) is 0 Å². The van der Waals surface area contributed by atoms with Gasteiger partial charge in [-0.2, -0.15) is 0 Å². The van der Waals surface area contributed by atoms with Crippen LogP contribution in [0.5, 0.6) is 0 Å². The monoisotopic (exact) mass is 324 g/mol. The van der Waals surface area contributed by atoms with Crippen molar-refractivity contribution in [3.05, 3.63) is 56.8 Å². The van der Waals surface area contributed by atoms with E-state index in [1.807, 2.05) is 0 Å². The maximum absolute atomic E-state index is 13.2. The SMILES string of the molecule is Fc1ccc(-c2c(Cl)cc(Cl)cc2Cl)cc1C(F)F. The van der Waals surface area contributed by atoms with Crippen molar-refractivity contribution in [2.24, 2.45) is 0 Å². The number of benzene rings is 2. The fourth-order valence-electron chi connectivity index (χ4n) is 1.68. The molecule has 2 aromatic rings. The van der Waals surface area contributed by atoms with E-state index in [2.05, 4.69) is 0 Å². The topological polar surface area (TPSA) is 0 Å². The molecule has 0 amide bonds. The molecule has 0 spiro atoms. The Labute approximate surface area is 122 Å². The molecule has 6 heteroatoms. The summed E-state index contributed by atoms with van der Waals surface area (Å²) in [6.45, 7) is 0. The van der Waals surface area contributed by atoms with E-state index in [0.29, 0.717) is 16.1 Å². The van der Waals surface area contributed by atoms with Crippen LogP contribution in [0, 0.1) is 5.82 Å². The average Bonchev–Trinajstić information content (AvgIpc) is 2.29. The van der Waals surface area contributed by atoms with Crippen molar-refractivity contribution in [1.82, 2.24) is 0 Å². The van der Waals surface area contributed by atoms with Crippen molar-refractivity contribution >= 4 is 34.8 Å². The van der Waals surface area contributed by atoms with E-state index in [4.69, 9.17) is 34.8 Å². The lowest BCUT2D eigenvalue weighted by Crippen LogP contribution is -1.92. The smallest absolute Gasteiger partial charge is 0.206 e. The van der Waals surface area contributed by atoms with Crippen LogP contribution in [0.4, 0.5) is 13.2 Å². The number of rotatable bonds is 2. The normalized spacial score (nSPS) is 11.1. The van der Waals surface area contributed by atoms with Gasteiger partial charge in [0, 0.05) is 10.6 Å². The third-order valence-electron chi connectivity index (χ3n) is 2.53. The summed E-state index contributed by atoms with van der Waals surface area (Å²) in [4.78, 5) is 0. The second-order valence-electron chi connectivity index (χ2n) is 3.78. The Morgan fingerprint density at radius 3 is 2.00 bits per heavy atom. The van der Waals surface area contributed by atoms with E-state index in [1.165, 1.54) is 18.2 Å². The molecule has 0 nitrogen and oxygen atoms in total. The van der Waals surface area contributed by atoms with Crippen molar-refractivity contribution in [2.45, 2.75) is 6.43 Å². The Morgan fingerprint density at radius 2 is 1.47 bits per heavy atom. The minimum Gasteiger partial charge on any atom is -0.206 e. The van der Waals surface area contributed by atoms with Crippen LogP contribution >= 0.6 is 34.8 Å². The van der Waals surface area contributed by atoms with Crippen LogP contribution in [0.15, 0.2) is 30.3 Å². The van der Waals surface area contributed by atoms with Gasteiger partial charge < -0.3 is 0 Å². The summed E-state index contributed by atoms with van der Waals surface area (Å²) < 4.78 is 38.6. The summed E-state index contributed by atoms with van der Waals surface area (Å²) >= 11 is 17.7. The van der Waals surface area contributed by atoms with Crippen LogP contribution in [0.25, 0.3) is 11.1 Å². The van der Waals surface area contributed by atoms with Crippen LogP contribution in [-0.2, 0) is 0 Å². The average molecular weight is 326 g/mol. The van der Waals surface area contributed by atoms with Crippen LogP contribution in [0.3, 0.4) is 0 Å². The molecule has 0 bridgehead atoms. The molecule has 0 saturated carbocycles. The summed E-state index contributed by atoms with van der Waals surface area (Å²) in [6.07, 6.45) is -2.91.